The first-order valence-corrected chi connectivity index (χ1v) is 7.55. The zero-order valence-corrected chi connectivity index (χ0v) is 12.9. The Labute approximate surface area is 135 Å². The molecule has 0 unspecified atom stereocenters. The van der Waals surface area contributed by atoms with Crippen LogP contribution in [0.3, 0.4) is 0 Å². The van der Waals surface area contributed by atoms with Crippen LogP contribution in [-0.4, -0.2) is 15.5 Å². The molecular weight excluding hydrogens is 329 g/mol. The van der Waals surface area contributed by atoms with Crippen molar-refractivity contribution < 1.29 is 4.79 Å². The number of halogens is 2. The van der Waals surface area contributed by atoms with Gasteiger partial charge in [0.15, 0.2) is 0 Å². The molecular formula is C14H9Cl2N3OS. The third-order valence-corrected chi connectivity index (χ3v) is 4.32. The molecule has 0 aliphatic rings. The Balaban J connectivity index is 1.76. The van der Waals surface area contributed by atoms with E-state index < -0.39 is 0 Å². The van der Waals surface area contributed by atoms with Crippen LogP contribution in [0.2, 0.25) is 8.67 Å². The van der Waals surface area contributed by atoms with Crippen LogP contribution < -0.4 is 5.32 Å². The summed E-state index contributed by atoms with van der Waals surface area (Å²) >= 11 is 13.0. The topological polar surface area (TPSA) is 46.9 Å². The van der Waals surface area contributed by atoms with Crippen LogP contribution in [0.1, 0.15) is 10.4 Å². The van der Waals surface area contributed by atoms with Gasteiger partial charge in [-0.05, 0) is 30.3 Å². The molecule has 0 saturated carbocycles. The predicted octanol–water partition coefficient (Wildman–Crippen LogP) is 4.49. The molecule has 4 nitrogen and oxygen atoms in total. The molecule has 1 N–H and O–H groups in total. The standard InChI is InChI=1S/C14H9Cl2N3OS/c15-12-7-11(13(16)21-12)14(20)18-9-1-3-10(4-2-9)19-6-5-17-8-19/h1-8H,(H,18,20). The lowest BCUT2D eigenvalue weighted by Crippen LogP contribution is -2.11. The van der Waals surface area contributed by atoms with Gasteiger partial charge in [0.25, 0.3) is 5.91 Å². The summed E-state index contributed by atoms with van der Waals surface area (Å²) in [5, 5.41) is 2.78. The number of amides is 1. The number of carbonyl (C=O) groups is 1. The van der Waals surface area contributed by atoms with Gasteiger partial charge in [-0.2, -0.15) is 0 Å². The van der Waals surface area contributed by atoms with Crippen molar-refractivity contribution in [2.45, 2.75) is 0 Å². The van der Waals surface area contributed by atoms with Crippen molar-refractivity contribution in [2.24, 2.45) is 0 Å². The number of benzene rings is 1. The first-order chi connectivity index (χ1) is 10.1. The van der Waals surface area contributed by atoms with Gasteiger partial charge in [0.1, 0.15) is 4.34 Å². The number of hydrogen-bond donors (Lipinski definition) is 1. The number of thiophene rings is 1. The van der Waals surface area contributed by atoms with Crippen molar-refractivity contribution in [3.8, 4) is 5.69 Å². The second-order valence-corrected chi connectivity index (χ2v) is 6.49. The lowest BCUT2D eigenvalue weighted by Gasteiger charge is -2.06. The van der Waals surface area contributed by atoms with Gasteiger partial charge in [-0.15, -0.1) is 11.3 Å². The summed E-state index contributed by atoms with van der Waals surface area (Å²) in [4.78, 5) is 16.1. The van der Waals surface area contributed by atoms with Crippen molar-refractivity contribution in [3.63, 3.8) is 0 Å². The number of aromatic nitrogens is 2. The molecule has 106 valence electrons. The third kappa shape index (κ3) is 3.10. The van der Waals surface area contributed by atoms with E-state index in [2.05, 4.69) is 10.3 Å². The highest BCUT2D eigenvalue weighted by atomic mass is 35.5. The maximum atomic E-state index is 12.1. The fourth-order valence-corrected chi connectivity index (χ4v) is 3.28. The fourth-order valence-electron chi connectivity index (χ4n) is 1.82. The van der Waals surface area contributed by atoms with Gasteiger partial charge < -0.3 is 9.88 Å². The molecule has 0 aliphatic carbocycles. The molecule has 2 aromatic heterocycles. The van der Waals surface area contributed by atoms with Gasteiger partial charge >= 0.3 is 0 Å². The Morgan fingerprint density at radius 1 is 1.24 bits per heavy atom. The first-order valence-electron chi connectivity index (χ1n) is 5.98. The molecule has 1 amide bonds. The zero-order chi connectivity index (χ0) is 14.8. The maximum Gasteiger partial charge on any atom is 0.258 e. The van der Waals surface area contributed by atoms with Gasteiger partial charge in [-0.25, -0.2) is 4.98 Å². The Hall–Kier alpha value is -1.82. The van der Waals surface area contributed by atoms with Crippen molar-refractivity contribution in [1.29, 1.82) is 0 Å². The minimum Gasteiger partial charge on any atom is -0.322 e. The number of imidazole rings is 1. The summed E-state index contributed by atoms with van der Waals surface area (Å²) < 4.78 is 2.74. The quantitative estimate of drug-likeness (QED) is 0.765. The SMILES string of the molecule is O=C(Nc1ccc(-n2ccnc2)cc1)c1cc(Cl)sc1Cl. The highest BCUT2D eigenvalue weighted by molar-refractivity contribution is 7.20. The van der Waals surface area contributed by atoms with Crippen molar-refractivity contribution in [1.82, 2.24) is 9.55 Å². The van der Waals surface area contributed by atoms with Crippen LogP contribution in [0.25, 0.3) is 5.69 Å². The maximum absolute atomic E-state index is 12.1. The number of anilines is 1. The number of carbonyl (C=O) groups excluding carboxylic acids is 1. The molecule has 21 heavy (non-hydrogen) atoms. The van der Waals surface area contributed by atoms with Crippen molar-refractivity contribution in [3.05, 3.63) is 63.3 Å². The highest BCUT2D eigenvalue weighted by Gasteiger charge is 2.14. The lowest BCUT2D eigenvalue weighted by atomic mass is 10.2. The molecule has 3 aromatic rings. The Kier molecular flexibility index (Phi) is 3.96. The van der Waals surface area contributed by atoms with Crippen LogP contribution in [0, 0.1) is 0 Å². The average Bonchev–Trinajstić information content (AvgIpc) is 3.09. The molecule has 1 aromatic carbocycles. The van der Waals surface area contributed by atoms with E-state index in [1.54, 1.807) is 18.6 Å². The fraction of sp³-hybridized carbons (Fsp3) is 0. The van der Waals surface area contributed by atoms with E-state index in [9.17, 15) is 4.79 Å². The monoisotopic (exact) mass is 337 g/mol. The van der Waals surface area contributed by atoms with E-state index in [4.69, 9.17) is 23.2 Å². The summed E-state index contributed by atoms with van der Waals surface area (Å²) in [6.45, 7) is 0. The molecule has 0 fully saturated rings. The molecule has 0 aliphatic heterocycles. The van der Waals surface area contributed by atoms with Crippen LogP contribution in [0.5, 0.6) is 0 Å². The molecule has 7 heteroatoms. The van der Waals surface area contributed by atoms with Gasteiger partial charge in [0, 0.05) is 23.8 Å². The highest BCUT2D eigenvalue weighted by Crippen LogP contribution is 2.31. The average molecular weight is 338 g/mol. The summed E-state index contributed by atoms with van der Waals surface area (Å²) in [5.74, 6) is -0.279. The molecule has 2 heterocycles. The zero-order valence-electron chi connectivity index (χ0n) is 10.6. The Bertz CT molecular complexity index is 766. The summed E-state index contributed by atoms with van der Waals surface area (Å²) in [6, 6.07) is 8.97. The summed E-state index contributed by atoms with van der Waals surface area (Å²) in [6.07, 6.45) is 5.26. The summed E-state index contributed by atoms with van der Waals surface area (Å²) in [5.41, 5.74) is 2.02. The second-order valence-electron chi connectivity index (χ2n) is 4.21. The van der Waals surface area contributed by atoms with Crippen molar-refractivity contribution >= 4 is 46.1 Å². The normalized spacial score (nSPS) is 10.6. The van der Waals surface area contributed by atoms with Gasteiger partial charge in [-0.1, -0.05) is 23.2 Å². The van der Waals surface area contributed by atoms with E-state index in [1.807, 2.05) is 35.0 Å². The molecule has 0 atom stereocenters. The van der Waals surface area contributed by atoms with Gasteiger partial charge in [0.2, 0.25) is 0 Å². The lowest BCUT2D eigenvalue weighted by molar-refractivity contribution is 0.102. The third-order valence-electron chi connectivity index (χ3n) is 2.83. The summed E-state index contributed by atoms with van der Waals surface area (Å²) in [7, 11) is 0. The number of nitrogens with zero attached hydrogens (tertiary/aromatic N) is 2. The smallest absolute Gasteiger partial charge is 0.258 e. The van der Waals surface area contributed by atoms with E-state index in [0.29, 0.717) is 19.9 Å². The van der Waals surface area contributed by atoms with Gasteiger partial charge in [0.05, 0.1) is 16.2 Å². The molecule has 0 bridgehead atoms. The van der Waals surface area contributed by atoms with Crippen molar-refractivity contribution in [2.75, 3.05) is 5.32 Å². The number of rotatable bonds is 3. The van der Waals surface area contributed by atoms with Crippen LogP contribution in [0.4, 0.5) is 5.69 Å². The van der Waals surface area contributed by atoms with Crippen LogP contribution in [0.15, 0.2) is 49.1 Å². The first kappa shape index (κ1) is 14.1. The number of hydrogen-bond acceptors (Lipinski definition) is 3. The number of nitrogens with one attached hydrogen (secondary N) is 1. The van der Waals surface area contributed by atoms with E-state index in [1.165, 1.54) is 11.3 Å². The molecule has 0 saturated heterocycles. The van der Waals surface area contributed by atoms with Crippen LogP contribution >= 0.6 is 34.5 Å². The second kappa shape index (κ2) is 5.89. The molecule has 3 rings (SSSR count). The van der Waals surface area contributed by atoms with Gasteiger partial charge in [-0.3, -0.25) is 4.79 Å². The van der Waals surface area contributed by atoms with E-state index >= 15 is 0 Å². The minimum atomic E-state index is -0.279. The minimum absolute atomic E-state index is 0.279. The Morgan fingerprint density at radius 3 is 2.57 bits per heavy atom. The Morgan fingerprint density at radius 2 is 2.00 bits per heavy atom. The van der Waals surface area contributed by atoms with E-state index in [0.717, 1.165) is 5.69 Å². The molecule has 0 radical (unpaired) electrons. The molecule has 0 spiro atoms. The largest absolute Gasteiger partial charge is 0.322 e. The van der Waals surface area contributed by atoms with E-state index in [-0.39, 0.29) is 5.91 Å². The predicted molar refractivity (Wildman–Crippen MR) is 85.9 cm³/mol. The van der Waals surface area contributed by atoms with Crippen LogP contribution in [-0.2, 0) is 0 Å².